The van der Waals surface area contributed by atoms with Crippen LogP contribution in [0, 0.1) is 0 Å². The summed E-state index contributed by atoms with van der Waals surface area (Å²) < 4.78 is 11.1. The molecule has 3 aromatic rings. The second kappa shape index (κ2) is 7.66. The Morgan fingerprint density at radius 1 is 0.960 bits per heavy atom. The van der Waals surface area contributed by atoms with Gasteiger partial charge in [-0.2, -0.15) is 0 Å². The third-order valence-corrected chi connectivity index (χ3v) is 4.99. The quantitative estimate of drug-likeness (QED) is 0.535. The molecule has 0 amide bonds. The van der Waals surface area contributed by atoms with Crippen molar-refractivity contribution < 1.29 is 35.7 Å². The summed E-state index contributed by atoms with van der Waals surface area (Å²) in [5.74, 6) is 2.39. The van der Waals surface area contributed by atoms with Crippen molar-refractivity contribution in [3.63, 3.8) is 0 Å². The summed E-state index contributed by atoms with van der Waals surface area (Å²) in [5, 5.41) is 2.51. The van der Waals surface area contributed by atoms with Gasteiger partial charge in [-0.1, -0.05) is 42.1 Å². The van der Waals surface area contributed by atoms with E-state index in [1.807, 2.05) is 0 Å². The number of fused-ring (bicyclic) bond motifs is 2. The zero-order chi connectivity index (χ0) is 16.5. The molecule has 0 aliphatic heterocycles. The van der Waals surface area contributed by atoms with Crippen molar-refractivity contribution >= 4 is 16.5 Å². The molecule has 0 N–H and O–H groups in total. The van der Waals surface area contributed by atoms with Gasteiger partial charge in [0, 0.05) is 43.4 Å². The summed E-state index contributed by atoms with van der Waals surface area (Å²) in [6.45, 7) is 0. The van der Waals surface area contributed by atoms with Gasteiger partial charge in [0.25, 0.3) is 0 Å². The molecule has 0 heterocycles. The van der Waals surface area contributed by atoms with Crippen LogP contribution in [0.1, 0.15) is 29.0 Å². The van der Waals surface area contributed by atoms with Crippen molar-refractivity contribution in [2.75, 3.05) is 14.2 Å². The van der Waals surface area contributed by atoms with Crippen LogP contribution in [0.5, 0.6) is 5.75 Å². The first kappa shape index (κ1) is 18.1. The van der Waals surface area contributed by atoms with Crippen molar-refractivity contribution in [2.24, 2.45) is 0 Å². The van der Waals surface area contributed by atoms with Gasteiger partial charge in [-0.15, -0.1) is 35.2 Å². The molecule has 3 aromatic carbocycles. The third kappa shape index (κ3) is 3.23. The van der Waals surface area contributed by atoms with Gasteiger partial charge in [-0.05, 0) is 18.1 Å². The Morgan fingerprint density at radius 3 is 2.52 bits per heavy atom. The van der Waals surface area contributed by atoms with Gasteiger partial charge in [-0.25, -0.2) is 0 Å². The molecule has 0 fully saturated rings. The van der Waals surface area contributed by atoms with E-state index < -0.39 is 0 Å². The van der Waals surface area contributed by atoms with Crippen LogP contribution >= 0.6 is 0 Å². The van der Waals surface area contributed by atoms with Gasteiger partial charge in [-0.3, -0.25) is 0 Å². The van der Waals surface area contributed by atoms with Crippen molar-refractivity contribution in [3.05, 3.63) is 77.4 Å². The zero-order valence-electron chi connectivity index (χ0n) is 14.6. The topological polar surface area (TPSA) is 18.5 Å². The van der Waals surface area contributed by atoms with Crippen LogP contribution in [-0.2, 0) is 37.4 Å². The molecule has 0 saturated heterocycles. The summed E-state index contributed by atoms with van der Waals surface area (Å²) in [4.78, 5) is 0. The van der Waals surface area contributed by atoms with Crippen LogP contribution < -0.4 is 4.74 Å². The van der Waals surface area contributed by atoms with Crippen molar-refractivity contribution in [1.82, 2.24) is 0 Å². The maximum atomic E-state index is 5.55. The van der Waals surface area contributed by atoms with E-state index in [2.05, 4.69) is 60.7 Å². The predicted octanol–water partition coefficient (Wildman–Crippen LogP) is 5.28. The van der Waals surface area contributed by atoms with Gasteiger partial charge in [0.15, 0.2) is 0 Å². The summed E-state index contributed by atoms with van der Waals surface area (Å²) >= 11 is 0. The van der Waals surface area contributed by atoms with Gasteiger partial charge in [0.1, 0.15) is 5.76 Å². The molecule has 1 atom stereocenters. The average Bonchev–Trinajstić information content (AvgIpc) is 3.18. The Bertz CT molecular complexity index is 907. The maximum absolute atomic E-state index is 5.55. The van der Waals surface area contributed by atoms with Crippen LogP contribution in [0.25, 0.3) is 16.5 Å². The number of allylic oxidation sites excluding steroid dienone is 1. The molecule has 0 aromatic heterocycles. The van der Waals surface area contributed by atoms with Crippen LogP contribution in [0.15, 0.2) is 60.7 Å². The second-order valence-electron chi connectivity index (χ2n) is 6.25. The Labute approximate surface area is 167 Å². The molecule has 1 unspecified atom stereocenters. The number of hydrogen-bond donors (Lipinski definition) is 0. The van der Waals surface area contributed by atoms with Gasteiger partial charge in [0.2, 0.25) is 0 Å². The Balaban J connectivity index is 0.00000182. The normalized spacial score (nSPS) is 15.4. The molecule has 0 saturated carbocycles. The minimum absolute atomic E-state index is 0. The van der Waals surface area contributed by atoms with E-state index in [1.165, 1.54) is 27.5 Å². The van der Waals surface area contributed by atoms with Crippen molar-refractivity contribution in [2.45, 2.75) is 18.8 Å². The molecule has 25 heavy (non-hydrogen) atoms. The number of benzene rings is 2. The fourth-order valence-corrected chi connectivity index (χ4v) is 3.80. The minimum atomic E-state index is 0. The van der Waals surface area contributed by atoms with E-state index in [9.17, 15) is 0 Å². The molecule has 1 aliphatic rings. The van der Waals surface area contributed by atoms with Crippen LogP contribution in [0.3, 0.4) is 0 Å². The Morgan fingerprint density at radius 2 is 1.72 bits per heavy atom. The molecule has 2 nitrogen and oxygen atoms in total. The van der Waals surface area contributed by atoms with Gasteiger partial charge >= 0.3 is 0 Å². The van der Waals surface area contributed by atoms with E-state index in [0.717, 1.165) is 24.4 Å². The summed E-state index contributed by atoms with van der Waals surface area (Å²) in [7, 11) is 3.49. The van der Waals surface area contributed by atoms with E-state index in [1.54, 1.807) is 14.2 Å². The molecule has 3 heteroatoms. The first-order chi connectivity index (χ1) is 11.8. The van der Waals surface area contributed by atoms with E-state index in [0.29, 0.717) is 5.92 Å². The molecular formula is C22H21O2Zr-. The first-order valence-electron chi connectivity index (χ1n) is 8.38. The SMILES string of the molecule is COC1=CC(CC[c-]2cc(OC)c3ccccc32)c2ccccc21.[Zr]. The third-order valence-electron chi connectivity index (χ3n) is 4.99. The maximum Gasteiger partial charge on any atom is 0.123 e. The summed E-state index contributed by atoms with van der Waals surface area (Å²) in [5.41, 5.74) is 3.96. The van der Waals surface area contributed by atoms with Gasteiger partial charge < -0.3 is 9.47 Å². The smallest absolute Gasteiger partial charge is 0.123 e. The fourth-order valence-electron chi connectivity index (χ4n) is 3.80. The Hall–Kier alpha value is -1.73. The molecule has 0 radical (unpaired) electrons. The van der Waals surface area contributed by atoms with Crippen molar-refractivity contribution in [3.8, 4) is 5.75 Å². The predicted molar refractivity (Wildman–Crippen MR) is 98.6 cm³/mol. The number of ether oxygens (including phenoxy) is 2. The minimum Gasteiger partial charge on any atom is -0.548 e. The van der Waals surface area contributed by atoms with Gasteiger partial charge in [0.05, 0.1) is 14.2 Å². The number of hydrogen-bond acceptors (Lipinski definition) is 2. The molecule has 1 aliphatic carbocycles. The largest absolute Gasteiger partial charge is 0.548 e. The van der Waals surface area contributed by atoms with Crippen LogP contribution in [0.2, 0.25) is 0 Å². The molecular weight excluding hydrogens is 387 g/mol. The standard InChI is InChI=1S/C22H21O2.Zr/c1-23-21-13-15(17-7-3-5-9-19(17)21)11-12-16-14-22(24-2)20-10-6-4-8-18(16)20;/h3-10,13-15H,11-12H2,1-2H3;/q-1;. The zero-order valence-corrected chi connectivity index (χ0v) is 17.0. The summed E-state index contributed by atoms with van der Waals surface area (Å²) in [6, 6.07) is 19.2. The summed E-state index contributed by atoms with van der Waals surface area (Å²) in [6.07, 6.45) is 4.35. The number of methoxy groups -OCH3 is 2. The van der Waals surface area contributed by atoms with Crippen LogP contribution in [0.4, 0.5) is 0 Å². The van der Waals surface area contributed by atoms with E-state index in [-0.39, 0.29) is 26.2 Å². The molecule has 0 bridgehead atoms. The monoisotopic (exact) mass is 407 g/mol. The number of rotatable bonds is 5. The first-order valence-corrected chi connectivity index (χ1v) is 8.38. The molecule has 126 valence electrons. The average molecular weight is 409 g/mol. The number of aryl methyl sites for hydroxylation is 1. The fraction of sp³-hybridized carbons (Fsp3) is 0.227. The molecule has 4 rings (SSSR count). The second-order valence-corrected chi connectivity index (χ2v) is 6.25. The van der Waals surface area contributed by atoms with E-state index in [4.69, 9.17) is 9.47 Å². The van der Waals surface area contributed by atoms with Crippen LogP contribution in [-0.4, -0.2) is 14.2 Å². The molecule has 0 spiro atoms. The van der Waals surface area contributed by atoms with Crippen molar-refractivity contribution in [1.29, 1.82) is 0 Å². The van der Waals surface area contributed by atoms with E-state index >= 15 is 0 Å². The Kier molecular flexibility index (Phi) is 5.54.